The Morgan fingerprint density at radius 3 is 2.62 bits per heavy atom. The van der Waals surface area contributed by atoms with Crippen molar-refractivity contribution in [2.45, 2.75) is 6.18 Å². The number of nitrogens with zero attached hydrogens (tertiary/aromatic N) is 1. The molecular formula is C13H18F3N3O2. The lowest BCUT2D eigenvalue weighted by molar-refractivity contribution is -0.147. The molecule has 0 aliphatic rings. The van der Waals surface area contributed by atoms with Crippen LogP contribution in [-0.4, -0.2) is 50.3 Å². The molecule has 1 aromatic carbocycles. The molecule has 0 heterocycles. The van der Waals surface area contributed by atoms with Gasteiger partial charge in [-0.05, 0) is 12.1 Å². The number of methoxy groups -OCH3 is 1. The number of alkyl halides is 3. The topological polar surface area (TPSA) is 67.6 Å². The monoisotopic (exact) mass is 305 g/mol. The zero-order valence-electron chi connectivity index (χ0n) is 11.6. The summed E-state index contributed by atoms with van der Waals surface area (Å²) in [5, 5.41) is 2.52. The second kappa shape index (κ2) is 7.84. The number of hydrogen-bond acceptors (Lipinski definition) is 4. The van der Waals surface area contributed by atoms with Crippen LogP contribution in [0.3, 0.4) is 0 Å². The van der Waals surface area contributed by atoms with Crippen molar-refractivity contribution in [1.29, 1.82) is 0 Å². The van der Waals surface area contributed by atoms with Crippen molar-refractivity contribution >= 4 is 11.6 Å². The lowest BCUT2D eigenvalue weighted by Crippen LogP contribution is -2.42. The normalized spacial score (nSPS) is 11.5. The number of halogens is 3. The third-order valence-electron chi connectivity index (χ3n) is 2.60. The fraction of sp³-hybridized carbons (Fsp3) is 0.462. The second-order valence-corrected chi connectivity index (χ2v) is 4.36. The van der Waals surface area contributed by atoms with E-state index in [-0.39, 0.29) is 13.1 Å². The number of para-hydroxylation sites is 2. The summed E-state index contributed by atoms with van der Waals surface area (Å²) in [6, 6.07) is 6.65. The molecule has 3 N–H and O–H groups in total. The zero-order chi connectivity index (χ0) is 15.9. The lowest BCUT2D eigenvalue weighted by atomic mass is 10.3. The molecule has 0 fully saturated rings. The predicted molar refractivity (Wildman–Crippen MR) is 73.2 cm³/mol. The van der Waals surface area contributed by atoms with Crippen LogP contribution in [0.1, 0.15) is 0 Å². The fourth-order valence-corrected chi connectivity index (χ4v) is 1.79. The van der Waals surface area contributed by atoms with E-state index in [1.807, 2.05) is 0 Å². The summed E-state index contributed by atoms with van der Waals surface area (Å²) >= 11 is 0. The molecular weight excluding hydrogens is 287 g/mol. The maximum atomic E-state index is 12.4. The van der Waals surface area contributed by atoms with Crippen LogP contribution < -0.4 is 15.8 Å². The Morgan fingerprint density at radius 1 is 1.38 bits per heavy atom. The minimum atomic E-state index is -4.38. The Bertz CT molecular complexity index is 466. The summed E-state index contributed by atoms with van der Waals surface area (Å²) in [5.74, 6) is -0.121. The number of nitrogens with one attached hydrogen (secondary N) is 1. The van der Waals surface area contributed by atoms with Crippen LogP contribution >= 0.6 is 0 Å². The van der Waals surface area contributed by atoms with Gasteiger partial charge in [0, 0.05) is 13.1 Å². The van der Waals surface area contributed by atoms with Crippen molar-refractivity contribution < 1.29 is 22.7 Å². The van der Waals surface area contributed by atoms with Gasteiger partial charge in [0.15, 0.2) is 0 Å². The number of amides is 1. The third-order valence-corrected chi connectivity index (χ3v) is 2.60. The number of rotatable bonds is 7. The Balaban J connectivity index is 2.65. The Hall–Kier alpha value is -1.80. The molecule has 0 atom stereocenters. The zero-order valence-corrected chi connectivity index (χ0v) is 11.6. The van der Waals surface area contributed by atoms with E-state index >= 15 is 0 Å². The molecule has 0 saturated heterocycles. The molecule has 0 aromatic heterocycles. The maximum absolute atomic E-state index is 12.4. The van der Waals surface area contributed by atoms with E-state index in [1.165, 1.54) is 7.11 Å². The number of carbonyl (C=O) groups excluding carboxylic acids is 1. The first-order chi connectivity index (χ1) is 9.85. The van der Waals surface area contributed by atoms with E-state index in [0.717, 1.165) is 4.90 Å². The number of hydrogen-bond donors (Lipinski definition) is 2. The van der Waals surface area contributed by atoms with Gasteiger partial charge >= 0.3 is 6.18 Å². The summed E-state index contributed by atoms with van der Waals surface area (Å²) in [4.78, 5) is 12.8. The molecule has 0 aliphatic heterocycles. The fourth-order valence-electron chi connectivity index (χ4n) is 1.79. The molecule has 0 unspecified atom stereocenters. The summed E-state index contributed by atoms with van der Waals surface area (Å²) < 4.78 is 42.2. The van der Waals surface area contributed by atoms with Gasteiger partial charge in [-0.2, -0.15) is 13.2 Å². The number of ether oxygens (including phenoxy) is 1. The average molecular weight is 305 g/mol. The van der Waals surface area contributed by atoms with Crippen LogP contribution in [0.5, 0.6) is 5.75 Å². The first kappa shape index (κ1) is 17.3. The minimum Gasteiger partial charge on any atom is -0.495 e. The highest BCUT2D eigenvalue weighted by atomic mass is 19.4. The summed E-state index contributed by atoms with van der Waals surface area (Å²) in [7, 11) is 1.44. The first-order valence-electron chi connectivity index (χ1n) is 6.27. The van der Waals surface area contributed by atoms with E-state index < -0.39 is 25.2 Å². The van der Waals surface area contributed by atoms with Gasteiger partial charge in [-0.25, -0.2) is 0 Å². The number of carbonyl (C=O) groups is 1. The van der Waals surface area contributed by atoms with Gasteiger partial charge < -0.3 is 15.8 Å². The Kier molecular flexibility index (Phi) is 6.44. The summed E-state index contributed by atoms with van der Waals surface area (Å²) in [5.41, 5.74) is 5.67. The van der Waals surface area contributed by atoms with Crippen LogP contribution in [0.2, 0.25) is 0 Å². The largest absolute Gasteiger partial charge is 0.495 e. The molecule has 0 radical (unpaired) electrons. The maximum Gasteiger partial charge on any atom is 0.401 e. The molecule has 0 spiro atoms. The van der Waals surface area contributed by atoms with Crippen LogP contribution in [0.4, 0.5) is 18.9 Å². The van der Waals surface area contributed by atoms with Crippen molar-refractivity contribution in [2.24, 2.45) is 5.73 Å². The van der Waals surface area contributed by atoms with Gasteiger partial charge in [-0.15, -0.1) is 0 Å². The van der Waals surface area contributed by atoms with E-state index in [2.05, 4.69) is 5.32 Å². The smallest absolute Gasteiger partial charge is 0.401 e. The van der Waals surface area contributed by atoms with Crippen molar-refractivity contribution in [2.75, 3.05) is 38.6 Å². The molecule has 0 bridgehead atoms. The van der Waals surface area contributed by atoms with Gasteiger partial charge in [-0.1, -0.05) is 12.1 Å². The summed E-state index contributed by atoms with van der Waals surface area (Å²) in [6.45, 7) is -1.55. The van der Waals surface area contributed by atoms with Crippen molar-refractivity contribution in [3.8, 4) is 5.75 Å². The average Bonchev–Trinajstić information content (AvgIpc) is 2.37. The lowest BCUT2D eigenvalue weighted by Gasteiger charge is -2.22. The van der Waals surface area contributed by atoms with Crippen LogP contribution in [0.15, 0.2) is 24.3 Å². The number of nitrogens with two attached hydrogens (primary N) is 1. The highest BCUT2D eigenvalue weighted by Gasteiger charge is 2.31. The molecule has 1 rings (SSSR count). The van der Waals surface area contributed by atoms with Crippen LogP contribution in [0, 0.1) is 0 Å². The highest BCUT2D eigenvalue weighted by Crippen LogP contribution is 2.23. The Labute approximate surface area is 120 Å². The van der Waals surface area contributed by atoms with E-state index in [4.69, 9.17) is 10.5 Å². The molecule has 0 saturated carbocycles. The van der Waals surface area contributed by atoms with Crippen LogP contribution in [0.25, 0.3) is 0 Å². The molecule has 1 amide bonds. The van der Waals surface area contributed by atoms with E-state index in [0.29, 0.717) is 11.4 Å². The van der Waals surface area contributed by atoms with Gasteiger partial charge in [0.2, 0.25) is 5.91 Å². The predicted octanol–water partition coefficient (Wildman–Crippen LogP) is 1.46. The molecule has 21 heavy (non-hydrogen) atoms. The molecule has 5 nitrogen and oxygen atoms in total. The van der Waals surface area contributed by atoms with Gasteiger partial charge in [0.25, 0.3) is 0 Å². The van der Waals surface area contributed by atoms with E-state index in [9.17, 15) is 18.0 Å². The third kappa shape index (κ3) is 6.46. The molecule has 0 aliphatic carbocycles. The van der Waals surface area contributed by atoms with Gasteiger partial charge in [0.1, 0.15) is 5.75 Å². The van der Waals surface area contributed by atoms with Crippen LogP contribution in [-0.2, 0) is 4.79 Å². The molecule has 118 valence electrons. The number of anilines is 1. The van der Waals surface area contributed by atoms with Crippen molar-refractivity contribution in [1.82, 2.24) is 4.90 Å². The molecule has 8 heteroatoms. The van der Waals surface area contributed by atoms with Gasteiger partial charge in [0.05, 0.1) is 25.9 Å². The SMILES string of the molecule is COc1ccccc1NC(=O)CN(CCN)CC(F)(F)F. The molecule has 1 aromatic rings. The van der Waals surface area contributed by atoms with Crippen molar-refractivity contribution in [3.63, 3.8) is 0 Å². The number of benzene rings is 1. The van der Waals surface area contributed by atoms with Gasteiger partial charge in [-0.3, -0.25) is 9.69 Å². The van der Waals surface area contributed by atoms with E-state index in [1.54, 1.807) is 24.3 Å². The highest BCUT2D eigenvalue weighted by molar-refractivity contribution is 5.93. The standard InChI is InChI=1S/C13H18F3N3O2/c1-21-11-5-3-2-4-10(11)18-12(20)8-19(7-6-17)9-13(14,15)16/h2-5H,6-9,17H2,1H3,(H,18,20). The quantitative estimate of drug-likeness (QED) is 0.800. The first-order valence-corrected chi connectivity index (χ1v) is 6.27. The Morgan fingerprint density at radius 2 is 2.05 bits per heavy atom. The summed E-state index contributed by atoms with van der Waals surface area (Å²) in [6.07, 6.45) is -4.38. The van der Waals surface area contributed by atoms with Crippen molar-refractivity contribution in [3.05, 3.63) is 24.3 Å². The second-order valence-electron chi connectivity index (χ2n) is 4.36. The minimum absolute atomic E-state index is 0.0150.